The summed E-state index contributed by atoms with van der Waals surface area (Å²) >= 11 is 0.873. The second-order valence-electron chi connectivity index (χ2n) is 4.45. The van der Waals surface area contributed by atoms with Crippen LogP contribution in [0.15, 0.2) is 15.7 Å². The summed E-state index contributed by atoms with van der Waals surface area (Å²) in [6.07, 6.45) is 0. The lowest BCUT2D eigenvalue weighted by molar-refractivity contribution is -0.906. The molecule has 9 heteroatoms. The van der Waals surface area contributed by atoms with Gasteiger partial charge in [0.05, 0.1) is 32.3 Å². The number of hydrogen-bond acceptors (Lipinski definition) is 6. The number of morpholine rings is 1. The van der Waals surface area contributed by atoms with E-state index in [9.17, 15) is 18.3 Å². The van der Waals surface area contributed by atoms with Crippen LogP contribution in [-0.2, 0) is 14.8 Å². The fourth-order valence-corrected chi connectivity index (χ4v) is 4.13. The summed E-state index contributed by atoms with van der Waals surface area (Å²) in [6.45, 7) is 4.13. The zero-order valence-corrected chi connectivity index (χ0v) is 12.4. The van der Waals surface area contributed by atoms with Crippen LogP contribution in [0.4, 0.5) is 0 Å². The van der Waals surface area contributed by atoms with E-state index < -0.39 is 16.0 Å². The molecule has 7 nitrogen and oxygen atoms in total. The molecular weight excluding hydrogens is 304 g/mol. The van der Waals surface area contributed by atoms with Gasteiger partial charge in [0.25, 0.3) is 0 Å². The number of thiophene rings is 1. The van der Waals surface area contributed by atoms with Crippen LogP contribution in [0.5, 0.6) is 0 Å². The van der Waals surface area contributed by atoms with Crippen LogP contribution in [0.25, 0.3) is 0 Å². The minimum Gasteiger partial charge on any atom is -0.545 e. The van der Waals surface area contributed by atoms with Gasteiger partial charge in [-0.25, -0.2) is 13.1 Å². The number of rotatable bonds is 6. The number of hydrogen-bond donors (Lipinski definition) is 2. The molecule has 0 aromatic carbocycles. The molecule has 20 heavy (non-hydrogen) atoms. The molecule has 1 aromatic rings. The first-order valence-corrected chi connectivity index (χ1v) is 8.56. The second-order valence-corrected chi connectivity index (χ2v) is 7.36. The van der Waals surface area contributed by atoms with Gasteiger partial charge in [0.15, 0.2) is 0 Å². The maximum Gasteiger partial charge on any atom is 0.250 e. The highest BCUT2D eigenvalue weighted by atomic mass is 32.2. The third-order valence-electron chi connectivity index (χ3n) is 3.05. The van der Waals surface area contributed by atoms with Crippen molar-refractivity contribution in [2.75, 3.05) is 39.4 Å². The highest BCUT2D eigenvalue weighted by Gasteiger charge is 2.19. The zero-order valence-electron chi connectivity index (χ0n) is 10.8. The summed E-state index contributed by atoms with van der Waals surface area (Å²) in [5.41, 5.74) is -0.117. The Bertz CT molecular complexity index is 563. The van der Waals surface area contributed by atoms with Gasteiger partial charge in [0.2, 0.25) is 10.0 Å². The van der Waals surface area contributed by atoms with E-state index in [2.05, 4.69) is 4.72 Å². The summed E-state index contributed by atoms with van der Waals surface area (Å²) in [6, 6.07) is 1.12. The Morgan fingerprint density at radius 2 is 2.15 bits per heavy atom. The molecule has 0 radical (unpaired) electrons. The van der Waals surface area contributed by atoms with Gasteiger partial charge in [-0.2, -0.15) is 0 Å². The quantitative estimate of drug-likeness (QED) is 0.594. The summed E-state index contributed by atoms with van der Waals surface area (Å²) in [5.74, 6) is -1.37. The minimum absolute atomic E-state index is 0.00585. The highest BCUT2D eigenvalue weighted by molar-refractivity contribution is 7.91. The minimum atomic E-state index is -3.64. The fourth-order valence-electron chi connectivity index (χ4n) is 1.91. The van der Waals surface area contributed by atoms with Crippen molar-refractivity contribution in [2.24, 2.45) is 0 Å². The Morgan fingerprint density at radius 3 is 2.75 bits per heavy atom. The van der Waals surface area contributed by atoms with Crippen LogP contribution in [0, 0.1) is 0 Å². The number of nitrogens with one attached hydrogen (secondary N) is 2. The molecule has 0 amide bonds. The van der Waals surface area contributed by atoms with Gasteiger partial charge in [-0.3, -0.25) is 0 Å². The third kappa shape index (κ3) is 4.00. The summed E-state index contributed by atoms with van der Waals surface area (Å²) in [4.78, 5) is 11.9. The summed E-state index contributed by atoms with van der Waals surface area (Å²) < 4.78 is 31.6. The fraction of sp³-hybridized carbons (Fsp3) is 0.545. The van der Waals surface area contributed by atoms with E-state index in [1.807, 2.05) is 0 Å². The smallest absolute Gasteiger partial charge is 0.250 e. The number of aromatic carboxylic acids is 1. The Hall–Kier alpha value is -1.00. The first kappa shape index (κ1) is 15.4. The van der Waals surface area contributed by atoms with Crippen LogP contribution in [0.2, 0.25) is 0 Å². The maximum absolute atomic E-state index is 12.0. The Balaban J connectivity index is 1.88. The number of ether oxygens (including phenoxy) is 1. The van der Waals surface area contributed by atoms with E-state index in [1.54, 1.807) is 0 Å². The van der Waals surface area contributed by atoms with Gasteiger partial charge in [0, 0.05) is 10.9 Å². The topological polar surface area (TPSA) is 100.0 Å². The van der Waals surface area contributed by atoms with Crippen molar-refractivity contribution in [3.05, 3.63) is 17.0 Å². The number of carbonyl (C=O) groups is 1. The molecule has 2 heterocycles. The predicted octanol–water partition coefficient (Wildman–Crippen LogP) is -2.69. The van der Waals surface area contributed by atoms with Crippen molar-refractivity contribution in [3.8, 4) is 0 Å². The van der Waals surface area contributed by atoms with E-state index >= 15 is 0 Å². The first-order chi connectivity index (χ1) is 9.49. The van der Waals surface area contributed by atoms with E-state index in [0.717, 1.165) is 30.5 Å². The molecule has 2 N–H and O–H groups in total. The maximum atomic E-state index is 12.0. The first-order valence-electron chi connectivity index (χ1n) is 6.20. The molecule has 1 aliphatic rings. The lowest BCUT2D eigenvalue weighted by Gasteiger charge is -2.23. The summed E-state index contributed by atoms with van der Waals surface area (Å²) in [7, 11) is -3.64. The van der Waals surface area contributed by atoms with Crippen molar-refractivity contribution in [1.29, 1.82) is 0 Å². The molecule has 0 saturated carbocycles. The molecule has 1 aliphatic heterocycles. The van der Waals surface area contributed by atoms with E-state index in [0.29, 0.717) is 26.3 Å². The zero-order chi connectivity index (χ0) is 14.6. The van der Waals surface area contributed by atoms with E-state index in [4.69, 9.17) is 4.74 Å². The Labute approximate surface area is 121 Å². The van der Waals surface area contributed by atoms with Crippen LogP contribution in [0.1, 0.15) is 10.4 Å². The van der Waals surface area contributed by atoms with Gasteiger partial charge in [-0.1, -0.05) is 0 Å². The van der Waals surface area contributed by atoms with Gasteiger partial charge >= 0.3 is 0 Å². The molecule has 0 atom stereocenters. The van der Waals surface area contributed by atoms with Crippen LogP contribution >= 0.6 is 11.3 Å². The van der Waals surface area contributed by atoms with Gasteiger partial charge in [-0.05, 0) is 6.07 Å². The van der Waals surface area contributed by atoms with Crippen LogP contribution < -0.4 is 14.7 Å². The molecule has 2 rings (SSSR count). The number of carbonyl (C=O) groups excluding carboxylic acids is 1. The number of carboxylic acids is 1. The van der Waals surface area contributed by atoms with Crippen molar-refractivity contribution in [3.63, 3.8) is 0 Å². The SMILES string of the molecule is O=C([O-])c1csc(S(=O)(=O)NCC[NH+]2CCOCC2)c1. The van der Waals surface area contributed by atoms with Crippen molar-refractivity contribution >= 4 is 27.3 Å². The lowest BCUT2D eigenvalue weighted by atomic mass is 10.4. The molecule has 0 bridgehead atoms. The molecule has 1 aromatic heterocycles. The van der Waals surface area contributed by atoms with Crippen molar-refractivity contribution in [1.82, 2.24) is 4.72 Å². The number of carboxylic acid groups (broad SMARTS) is 1. The molecule has 1 fully saturated rings. The summed E-state index contributed by atoms with van der Waals surface area (Å²) in [5, 5.41) is 11.9. The molecular formula is C11H16N2O5S2. The van der Waals surface area contributed by atoms with Crippen molar-refractivity contribution < 1.29 is 28.0 Å². The lowest BCUT2D eigenvalue weighted by Crippen LogP contribution is -3.14. The molecule has 0 unspecified atom stereocenters. The largest absolute Gasteiger partial charge is 0.545 e. The number of quaternary nitrogens is 1. The Morgan fingerprint density at radius 1 is 1.45 bits per heavy atom. The third-order valence-corrected chi connectivity index (χ3v) is 5.95. The van der Waals surface area contributed by atoms with Gasteiger partial charge < -0.3 is 19.5 Å². The van der Waals surface area contributed by atoms with Crippen LogP contribution in [0.3, 0.4) is 0 Å². The average Bonchev–Trinajstić information content (AvgIpc) is 2.90. The van der Waals surface area contributed by atoms with E-state index in [-0.39, 0.29) is 9.77 Å². The normalized spacial score (nSPS) is 17.2. The predicted molar refractivity (Wildman–Crippen MR) is 70.2 cm³/mol. The Kier molecular flexibility index (Phi) is 5.11. The average molecular weight is 320 g/mol. The molecule has 0 aliphatic carbocycles. The van der Waals surface area contributed by atoms with Crippen LogP contribution in [-0.4, -0.2) is 53.8 Å². The second kappa shape index (κ2) is 6.64. The monoisotopic (exact) mass is 320 g/mol. The van der Waals surface area contributed by atoms with Crippen molar-refractivity contribution in [2.45, 2.75) is 4.21 Å². The van der Waals surface area contributed by atoms with E-state index in [1.165, 1.54) is 10.3 Å². The molecule has 0 spiro atoms. The highest BCUT2D eigenvalue weighted by Crippen LogP contribution is 2.19. The molecule has 1 saturated heterocycles. The standard InChI is InChI=1S/C11H16N2O5S2/c14-11(15)9-7-10(19-8-9)20(16,17)12-1-2-13-3-5-18-6-4-13/h7-8,12H,1-6H2,(H,14,15). The van der Waals surface area contributed by atoms with Gasteiger partial charge in [0.1, 0.15) is 17.3 Å². The van der Waals surface area contributed by atoms with Gasteiger partial charge in [-0.15, -0.1) is 11.3 Å². The number of sulfonamides is 1. The molecule has 112 valence electrons.